The molecule has 96 valence electrons. The Hall–Kier alpha value is -1.67. The molecule has 1 aromatic carbocycles. The fraction of sp³-hybridized carbons (Fsp3) is 0.222. The predicted molar refractivity (Wildman–Crippen MR) is 63.8 cm³/mol. The fourth-order valence-electron chi connectivity index (χ4n) is 1.39. The standard InChI is InChI=1S/C9H9ClN4O3S/c1-2-17-8-4-3-6(18(10,15)16)5-7(8)9-11-13-14-12-9/h3-5H,2H2,1H3,(H,11,12,13,14). The van der Waals surface area contributed by atoms with Crippen LogP contribution < -0.4 is 4.74 Å². The first-order chi connectivity index (χ1) is 8.52. The zero-order valence-electron chi connectivity index (χ0n) is 9.29. The summed E-state index contributed by atoms with van der Waals surface area (Å²) in [6.07, 6.45) is 0. The van der Waals surface area contributed by atoms with Gasteiger partial charge in [-0.25, -0.2) is 8.42 Å². The Morgan fingerprint density at radius 2 is 2.22 bits per heavy atom. The van der Waals surface area contributed by atoms with E-state index < -0.39 is 9.05 Å². The Bertz CT molecular complexity index is 642. The number of nitrogens with one attached hydrogen (secondary N) is 1. The van der Waals surface area contributed by atoms with Crippen LogP contribution in [0.25, 0.3) is 11.4 Å². The first kappa shape index (κ1) is 12.8. The minimum absolute atomic E-state index is 0.0487. The van der Waals surface area contributed by atoms with Gasteiger partial charge in [0, 0.05) is 10.7 Å². The van der Waals surface area contributed by atoms with Gasteiger partial charge >= 0.3 is 0 Å². The summed E-state index contributed by atoms with van der Waals surface area (Å²) < 4.78 is 27.9. The van der Waals surface area contributed by atoms with Crippen LogP contribution in [0.1, 0.15) is 6.92 Å². The molecule has 2 aromatic rings. The van der Waals surface area contributed by atoms with Crippen LogP contribution in [0, 0.1) is 0 Å². The molecule has 18 heavy (non-hydrogen) atoms. The molecule has 0 atom stereocenters. The van der Waals surface area contributed by atoms with Gasteiger partial charge in [-0.05, 0) is 30.3 Å². The van der Waals surface area contributed by atoms with E-state index >= 15 is 0 Å². The summed E-state index contributed by atoms with van der Waals surface area (Å²) in [6.45, 7) is 2.24. The van der Waals surface area contributed by atoms with Gasteiger partial charge in [0.15, 0.2) is 0 Å². The lowest BCUT2D eigenvalue weighted by Gasteiger charge is -2.08. The van der Waals surface area contributed by atoms with Gasteiger partial charge in [0.25, 0.3) is 9.05 Å². The van der Waals surface area contributed by atoms with Crippen LogP contribution in [0.3, 0.4) is 0 Å². The second-order valence-electron chi connectivity index (χ2n) is 3.26. The highest BCUT2D eigenvalue weighted by molar-refractivity contribution is 8.13. The van der Waals surface area contributed by atoms with E-state index in [0.717, 1.165) is 0 Å². The second kappa shape index (κ2) is 4.91. The Labute approximate surface area is 108 Å². The van der Waals surface area contributed by atoms with Crippen LogP contribution in [0.15, 0.2) is 23.1 Å². The van der Waals surface area contributed by atoms with E-state index in [1.165, 1.54) is 18.2 Å². The average molecular weight is 289 g/mol. The highest BCUT2D eigenvalue weighted by atomic mass is 35.7. The maximum Gasteiger partial charge on any atom is 0.261 e. The molecule has 9 heteroatoms. The van der Waals surface area contributed by atoms with Crippen molar-refractivity contribution < 1.29 is 13.2 Å². The van der Waals surface area contributed by atoms with Gasteiger partial charge in [0.2, 0.25) is 5.82 Å². The molecule has 0 radical (unpaired) electrons. The summed E-state index contributed by atoms with van der Waals surface area (Å²) in [5.41, 5.74) is 0.410. The highest BCUT2D eigenvalue weighted by Gasteiger charge is 2.17. The zero-order valence-corrected chi connectivity index (χ0v) is 10.9. The normalized spacial score (nSPS) is 11.4. The molecule has 0 saturated carbocycles. The molecule has 0 spiro atoms. The van der Waals surface area contributed by atoms with Crippen molar-refractivity contribution in [3.8, 4) is 17.1 Å². The first-order valence-electron chi connectivity index (χ1n) is 4.97. The Morgan fingerprint density at radius 1 is 1.44 bits per heavy atom. The number of benzene rings is 1. The molecule has 0 fully saturated rings. The first-order valence-corrected chi connectivity index (χ1v) is 7.28. The largest absolute Gasteiger partial charge is 0.493 e. The molecule has 0 aliphatic carbocycles. The number of hydrogen-bond acceptors (Lipinski definition) is 6. The van der Waals surface area contributed by atoms with Gasteiger partial charge in [-0.1, -0.05) is 0 Å². The molecule has 1 N–H and O–H groups in total. The molecule has 0 unspecified atom stereocenters. The van der Waals surface area contributed by atoms with Crippen molar-refractivity contribution in [3.05, 3.63) is 18.2 Å². The van der Waals surface area contributed by atoms with E-state index in [9.17, 15) is 8.42 Å². The summed E-state index contributed by atoms with van der Waals surface area (Å²) in [5.74, 6) is 0.698. The van der Waals surface area contributed by atoms with Gasteiger partial charge in [-0.15, -0.1) is 10.2 Å². The number of ether oxygens (including phenoxy) is 1. The number of aromatic nitrogens is 4. The topological polar surface area (TPSA) is 97.8 Å². The Kier molecular flexibility index (Phi) is 3.48. The molecule has 7 nitrogen and oxygen atoms in total. The molecule has 0 saturated heterocycles. The lowest BCUT2D eigenvalue weighted by Crippen LogP contribution is -1.98. The number of hydrogen-bond donors (Lipinski definition) is 1. The molecule has 2 rings (SSSR count). The van der Waals surface area contributed by atoms with E-state index in [1.54, 1.807) is 0 Å². The Morgan fingerprint density at radius 3 is 2.78 bits per heavy atom. The van der Waals surface area contributed by atoms with Crippen molar-refractivity contribution >= 4 is 19.7 Å². The van der Waals surface area contributed by atoms with E-state index in [2.05, 4.69) is 20.6 Å². The number of rotatable bonds is 4. The lowest BCUT2D eigenvalue weighted by atomic mass is 10.2. The lowest BCUT2D eigenvalue weighted by molar-refractivity contribution is 0.341. The molecule has 0 aliphatic rings. The van der Waals surface area contributed by atoms with E-state index in [1.807, 2.05) is 6.92 Å². The van der Waals surface area contributed by atoms with Gasteiger partial charge in [0.05, 0.1) is 17.1 Å². The van der Waals surface area contributed by atoms with E-state index in [0.29, 0.717) is 17.9 Å². The van der Waals surface area contributed by atoms with Crippen molar-refractivity contribution in [2.45, 2.75) is 11.8 Å². The third-order valence-corrected chi connectivity index (χ3v) is 3.47. The van der Waals surface area contributed by atoms with Gasteiger partial charge in [0.1, 0.15) is 5.75 Å². The minimum atomic E-state index is -3.82. The van der Waals surface area contributed by atoms with Crippen molar-refractivity contribution in [3.63, 3.8) is 0 Å². The zero-order chi connectivity index (χ0) is 13.2. The van der Waals surface area contributed by atoms with Crippen LogP contribution in [0.4, 0.5) is 0 Å². The summed E-state index contributed by atoms with van der Waals surface area (Å²) in [5, 5.41) is 13.3. The molecule has 0 aliphatic heterocycles. The van der Waals surface area contributed by atoms with Crippen LogP contribution in [-0.2, 0) is 9.05 Å². The number of tetrazole rings is 1. The van der Waals surface area contributed by atoms with Crippen molar-refractivity contribution in [1.29, 1.82) is 0 Å². The third kappa shape index (κ3) is 2.59. The van der Waals surface area contributed by atoms with Crippen LogP contribution in [0.2, 0.25) is 0 Å². The maximum atomic E-state index is 11.3. The van der Waals surface area contributed by atoms with Crippen LogP contribution in [0.5, 0.6) is 5.75 Å². The van der Waals surface area contributed by atoms with Crippen molar-refractivity contribution in [2.75, 3.05) is 6.61 Å². The van der Waals surface area contributed by atoms with Crippen molar-refractivity contribution in [2.24, 2.45) is 0 Å². The average Bonchev–Trinajstić information content (AvgIpc) is 2.82. The highest BCUT2D eigenvalue weighted by Crippen LogP contribution is 2.30. The van der Waals surface area contributed by atoms with Gasteiger partial charge < -0.3 is 4.74 Å². The molecular formula is C9H9ClN4O3S. The smallest absolute Gasteiger partial charge is 0.261 e. The number of halogens is 1. The van der Waals surface area contributed by atoms with Crippen LogP contribution >= 0.6 is 10.7 Å². The van der Waals surface area contributed by atoms with E-state index in [-0.39, 0.29) is 10.7 Å². The predicted octanol–water partition coefficient (Wildman–Crippen LogP) is 1.19. The molecular weight excluding hydrogens is 280 g/mol. The fourth-order valence-corrected chi connectivity index (χ4v) is 2.17. The SMILES string of the molecule is CCOc1ccc(S(=O)(=O)Cl)cc1-c1nn[nH]n1. The third-order valence-electron chi connectivity index (χ3n) is 2.12. The summed E-state index contributed by atoms with van der Waals surface area (Å²) in [6, 6.07) is 4.21. The molecule has 0 bridgehead atoms. The van der Waals surface area contributed by atoms with Gasteiger partial charge in [-0.3, -0.25) is 0 Å². The molecule has 0 amide bonds. The molecule has 1 heterocycles. The maximum absolute atomic E-state index is 11.3. The van der Waals surface area contributed by atoms with E-state index in [4.69, 9.17) is 15.4 Å². The summed E-state index contributed by atoms with van der Waals surface area (Å²) in [7, 11) is 1.47. The quantitative estimate of drug-likeness (QED) is 0.849. The van der Waals surface area contributed by atoms with Gasteiger partial charge in [-0.2, -0.15) is 5.21 Å². The summed E-state index contributed by atoms with van der Waals surface area (Å²) in [4.78, 5) is -0.0487. The number of aromatic amines is 1. The minimum Gasteiger partial charge on any atom is -0.493 e. The monoisotopic (exact) mass is 288 g/mol. The Balaban J connectivity index is 2.59. The number of nitrogens with zero attached hydrogens (tertiary/aromatic N) is 3. The van der Waals surface area contributed by atoms with Crippen molar-refractivity contribution in [1.82, 2.24) is 20.6 Å². The summed E-state index contributed by atoms with van der Waals surface area (Å²) >= 11 is 0. The second-order valence-corrected chi connectivity index (χ2v) is 5.83. The number of H-pyrrole nitrogens is 1. The van der Waals surface area contributed by atoms with Crippen LogP contribution in [-0.4, -0.2) is 35.6 Å². The molecule has 1 aromatic heterocycles.